The minimum absolute atomic E-state index is 0.488. The van der Waals surface area contributed by atoms with Crippen molar-refractivity contribution in [3.63, 3.8) is 0 Å². The second kappa shape index (κ2) is 6.26. The Hall–Kier alpha value is -1.26. The molecule has 19 heavy (non-hydrogen) atoms. The van der Waals surface area contributed by atoms with Crippen molar-refractivity contribution in [1.82, 2.24) is 5.32 Å². The van der Waals surface area contributed by atoms with E-state index in [0.29, 0.717) is 6.04 Å². The number of aryl methyl sites for hydroxylation is 1. The van der Waals surface area contributed by atoms with Crippen molar-refractivity contribution in [3.8, 4) is 5.75 Å². The number of fused-ring (bicyclic) bond motifs is 1. The number of hydrogen-bond donors (Lipinski definition) is 2. The fourth-order valence-corrected chi connectivity index (χ4v) is 2.67. The van der Waals surface area contributed by atoms with Gasteiger partial charge in [-0.2, -0.15) is 0 Å². The summed E-state index contributed by atoms with van der Waals surface area (Å²) in [7, 11) is 0. The Morgan fingerprint density at radius 3 is 3.21 bits per heavy atom. The summed E-state index contributed by atoms with van der Waals surface area (Å²) >= 11 is 0. The van der Waals surface area contributed by atoms with Crippen molar-refractivity contribution in [1.29, 1.82) is 0 Å². The van der Waals surface area contributed by atoms with Gasteiger partial charge < -0.3 is 20.1 Å². The fraction of sp³-hybridized carbons (Fsp3) is 0.600. The molecule has 0 radical (unpaired) electrons. The highest BCUT2D eigenvalue weighted by Gasteiger charge is 2.13. The maximum Gasteiger partial charge on any atom is 0.122 e. The first-order chi connectivity index (χ1) is 9.42. The van der Waals surface area contributed by atoms with Crippen LogP contribution in [-0.2, 0) is 11.2 Å². The van der Waals surface area contributed by atoms with Gasteiger partial charge in [0.1, 0.15) is 5.75 Å². The van der Waals surface area contributed by atoms with Crippen LogP contribution in [0, 0.1) is 0 Å². The molecule has 0 aliphatic carbocycles. The maximum absolute atomic E-state index is 5.62. The van der Waals surface area contributed by atoms with Gasteiger partial charge in [0, 0.05) is 24.8 Å². The van der Waals surface area contributed by atoms with Crippen molar-refractivity contribution in [2.24, 2.45) is 0 Å². The molecule has 3 rings (SSSR count). The van der Waals surface area contributed by atoms with Crippen LogP contribution in [-0.4, -0.2) is 39.0 Å². The predicted octanol–water partition coefficient (Wildman–Crippen LogP) is 1.80. The Kier molecular flexibility index (Phi) is 4.20. The molecule has 0 bridgehead atoms. The van der Waals surface area contributed by atoms with Crippen LogP contribution >= 0.6 is 0 Å². The zero-order chi connectivity index (χ0) is 12.9. The van der Waals surface area contributed by atoms with Crippen molar-refractivity contribution < 1.29 is 9.47 Å². The summed E-state index contributed by atoms with van der Waals surface area (Å²) < 4.78 is 11.1. The summed E-state index contributed by atoms with van der Waals surface area (Å²) in [6, 6.07) is 6.90. The monoisotopic (exact) mass is 262 g/mol. The highest BCUT2D eigenvalue weighted by molar-refractivity contribution is 5.51. The number of rotatable bonds is 4. The second-order valence-corrected chi connectivity index (χ2v) is 5.22. The van der Waals surface area contributed by atoms with Crippen molar-refractivity contribution in [2.75, 3.05) is 38.2 Å². The molecule has 4 heteroatoms. The van der Waals surface area contributed by atoms with Crippen LogP contribution in [0.1, 0.15) is 18.4 Å². The highest BCUT2D eigenvalue weighted by Crippen LogP contribution is 2.27. The normalized spacial score (nSPS) is 22.4. The molecule has 0 amide bonds. The van der Waals surface area contributed by atoms with Gasteiger partial charge in [0.2, 0.25) is 0 Å². The highest BCUT2D eigenvalue weighted by atomic mass is 16.5. The molecule has 1 aromatic carbocycles. The molecule has 4 nitrogen and oxygen atoms in total. The van der Waals surface area contributed by atoms with Crippen LogP contribution in [0.5, 0.6) is 5.75 Å². The van der Waals surface area contributed by atoms with E-state index in [1.807, 2.05) is 0 Å². The lowest BCUT2D eigenvalue weighted by Gasteiger charge is -2.24. The molecule has 104 valence electrons. The fourth-order valence-electron chi connectivity index (χ4n) is 2.67. The molecule has 2 aliphatic heterocycles. The van der Waals surface area contributed by atoms with Crippen molar-refractivity contribution >= 4 is 5.69 Å². The summed E-state index contributed by atoms with van der Waals surface area (Å²) in [6.45, 7) is 4.48. The van der Waals surface area contributed by atoms with E-state index in [1.54, 1.807) is 0 Å². The Labute approximate surface area is 114 Å². The SMILES string of the molecule is c1cc2c(cc1NCCC1COCCN1)CCCO2. The van der Waals surface area contributed by atoms with Gasteiger partial charge in [-0.05, 0) is 43.0 Å². The van der Waals surface area contributed by atoms with Crippen LogP contribution in [0.4, 0.5) is 5.69 Å². The minimum atomic E-state index is 0.488. The topological polar surface area (TPSA) is 42.5 Å². The first-order valence-electron chi connectivity index (χ1n) is 7.22. The third-order valence-electron chi connectivity index (χ3n) is 3.73. The second-order valence-electron chi connectivity index (χ2n) is 5.22. The van der Waals surface area contributed by atoms with Crippen molar-refractivity contribution in [3.05, 3.63) is 23.8 Å². The zero-order valence-electron chi connectivity index (χ0n) is 11.3. The van der Waals surface area contributed by atoms with E-state index in [1.165, 1.54) is 11.3 Å². The molecule has 0 aromatic heterocycles. The molecular formula is C15H22N2O2. The molecule has 0 spiro atoms. The average molecular weight is 262 g/mol. The van der Waals surface area contributed by atoms with Crippen molar-refractivity contribution in [2.45, 2.75) is 25.3 Å². The third-order valence-corrected chi connectivity index (χ3v) is 3.73. The van der Waals surface area contributed by atoms with Gasteiger partial charge in [-0.25, -0.2) is 0 Å². The Morgan fingerprint density at radius 1 is 1.32 bits per heavy atom. The van der Waals surface area contributed by atoms with Gasteiger partial charge in [-0.3, -0.25) is 0 Å². The van der Waals surface area contributed by atoms with Gasteiger partial charge in [-0.1, -0.05) is 0 Å². The molecule has 1 fully saturated rings. The van der Waals surface area contributed by atoms with Crippen LogP contribution in [0.15, 0.2) is 18.2 Å². The number of benzene rings is 1. The third kappa shape index (κ3) is 3.39. The molecule has 2 N–H and O–H groups in total. The molecular weight excluding hydrogens is 240 g/mol. The number of anilines is 1. The van der Waals surface area contributed by atoms with Crippen LogP contribution in [0.25, 0.3) is 0 Å². The van der Waals surface area contributed by atoms with Crippen LogP contribution in [0.2, 0.25) is 0 Å². The van der Waals surface area contributed by atoms with E-state index in [9.17, 15) is 0 Å². The zero-order valence-corrected chi connectivity index (χ0v) is 11.3. The largest absolute Gasteiger partial charge is 0.493 e. The summed E-state index contributed by atoms with van der Waals surface area (Å²) in [5, 5.41) is 6.96. The van der Waals surface area contributed by atoms with E-state index in [0.717, 1.165) is 57.9 Å². The number of hydrogen-bond acceptors (Lipinski definition) is 4. The molecule has 1 atom stereocenters. The number of ether oxygens (including phenoxy) is 2. The minimum Gasteiger partial charge on any atom is -0.493 e. The molecule has 2 heterocycles. The smallest absolute Gasteiger partial charge is 0.122 e. The Balaban J connectivity index is 1.49. The molecule has 1 saturated heterocycles. The van der Waals surface area contributed by atoms with Gasteiger partial charge in [0.25, 0.3) is 0 Å². The predicted molar refractivity (Wildman–Crippen MR) is 76.0 cm³/mol. The summed E-state index contributed by atoms with van der Waals surface area (Å²) in [4.78, 5) is 0. The summed E-state index contributed by atoms with van der Waals surface area (Å²) in [5.74, 6) is 1.05. The Bertz CT molecular complexity index is 417. The lowest BCUT2D eigenvalue weighted by Crippen LogP contribution is -2.42. The quantitative estimate of drug-likeness (QED) is 0.868. The molecule has 1 unspecified atom stereocenters. The first-order valence-corrected chi connectivity index (χ1v) is 7.22. The van der Waals surface area contributed by atoms with Gasteiger partial charge in [0.05, 0.1) is 19.8 Å². The Morgan fingerprint density at radius 2 is 2.32 bits per heavy atom. The van der Waals surface area contributed by atoms with E-state index >= 15 is 0 Å². The summed E-state index contributed by atoms with van der Waals surface area (Å²) in [5.41, 5.74) is 2.52. The molecule has 1 aromatic rings. The van der Waals surface area contributed by atoms with Crippen LogP contribution in [0.3, 0.4) is 0 Å². The average Bonchev–Trinajstić information content (AvgIpc) is 2.48. The van der Waals surface area contributed by atoms with E-state index in [4.69, 9.17) is 9.47 Å². The van der Waals surface area contributed by atoms with Gasteiger partial charge in [-0.15, -0.1) is 0 Å². The number of morpholine rings is 1. The van der Waals surface area contributed by atoms with E-state index in [2.05, 4.69) is 28.8 Å². The maximum atomic E-state index is 5.62. The standard InChI is InChI=1S/C15H22N2O2/c1-2-12-10-13(3-4-15(12)19-8-1)16-6-5-14-11-18-9-7-17-14/h3-4,10,14,16-17H,1-2,5-9,11H2. The first kappa shape index (κ1) is 12.8. The molecule has 0 saturated carbocycles. The van der Waals surface area contributed by atoms with E-state index < -0.39 is 0 Å². The summed E-state index contributed by atoms with van der Waals surface area (Å²) in [6.07, 6.45) is 3.34. The van der Waals surface area contributed by atoms with E-state index in [-0.39, 0.29) is 0 Å². The molecule has 2 aliphatic rings. The van der Waals surface area contributed by atoms with Gasteiger partial charge >= 0.3 is 0 Å². The lowest BCUT2D eigenvalue weighted by atomic mass is 10.1. The van der Waals surface area contributed by atoms with Crippen LogP contribution < -0.4 is 15.4 Å². The lowest BCUT2D eigenvalue weighted by molar-refractivity contribution is 0.0753. The number of nitrogens with one attached hydrogen (secondary N) is 2. The van der Waals surface area contributed by atoms with Gasteiger partial charge in [0.15, 0.2) is 0 Å².